The Bertz CT molecular complexity index is 1730. The van der Waals surface area contributed by atoms with Gasteiger partial charge in [0.05, 0.1) is 39.9 Å². The van der Waals surface area contributed by atoms with Crippen LogP contribution in [0.3, 0.4) is 0 Å². The summed E-state index contributed by atoms with van der Waals surface area (Å²) in [5, 5.41) is 13.6. The summed E-state index contributed by atoms with van der Waals surface area (Å²) in [5.74, 6) is 2.87. The van der Waals surface area contributed by atoms with Gasteiger partial charge >= 0.3 is 0 Å². The average Bonchev–Trinajstić information content (AvgIpc) is 3.42. The number of methoxy groups -OCH3 is 3. The van der Waals surface area contributed by atoms with Crippen LogP contribution in [0.4, 0.5) is 0 Å². The molecule has 0 saturated heterocycles. The molecule has 0 saturated carbocycles. The summed E-state index contributed by atoms with van der Waals surface area (Å²) in [6.45, 7) is 6.15. The Hall–Kier alpha value is -4.70. The molecule has 0 atom stereocenters. The van der Waals surface area contributed by atoms with E-state index in [2.05, 4.69) is 44.5 Å². The first-order valence-corrected chi connectivity index (χ1v) is 13.8. The van der Waals surface area contributed by atoms with Crippen molar-refractivity contribution in [2.45, 2.75) is 39.9 Å². The van der Waals surface area contributed by atoms with Gasteiger partial charge in [0, 0.05) is 18.7 Å². The number of tetrazole rings is 1. The molecule has 42 heavy (non-hydrogen) atoms. The molecule has 5 aromatic rings. The van der Waals surface area contributed by atoms with Gasteiger partial charge in [-0.05, 0) is 89.2 Å². The Morgan fingerprint density at radius 2 is 1.62 bits per heavy atom. The molecule has 3 aromatic carbocycles. The first-order valence-electron chi connectivity index (χ1n) is 13.8. The van der Waals surface area contributed by atoms with Gasteiger partial charge in [0.1, 0.15) is 5.75 Å². The summed E-state index contributed by atoms with van der Waals surface area (Å²) in [6.07, 6.45) is 0.726. The van der Waals surface area contributed by atoms with Crippen molar-refractivity contribution in [2.24, 2.45) is 0 Å². The SMILES string of the molecule is COc1ccc(Cn2nnnc2CN(CCc2ccc(OC)c(OC)c2)Cc2cc3cc(C)cc(C)c3[nH]c2=O)cc1. The van der Waals surface area contributed by atoms with Crippen molar-refractivity contribution < 1.29 is 14.2 Å². The molecule has 10 heteroatoms. The number of aromatic nitrogens is 5. The highest BCUT2D eigenvalue weighted by molar-refractivity contribution is 5.82. The van der Waals surface area contributed by atoms with Gasteiger partial charge in [0.2, 0.25) is 0 Å². The number of nitrogens with one attached hydrogen (secondary N) is 1. The number of hydrogen-bond donors (Lipinski definition) is 1. The maximum absolute atomic E-state index is 13.2. The zero-order valence-corrected chi connectivity index (χ0v) is 24.7. The van der Waals surface area contributed by atoms with E-state index in [1.54, 1.807) is 26.0 Å². The highest BCUT2D eigenvalue weighted by Crippen LogP contribution is 2.28. The standard InChI is InChI=1S/C32H36N6O4/c1-21-14-22(2)31-25(15-21)17-26(32(39)33-31)19-37(13-12-23-8-11-28(41-4)29(16-23)42-5)20-30-34-35-36-38(30)18-24-6-9-27(40-3)10-7-24/h6-11,14-17H,12-13,18-20H2,1-5H3,(H,33,39). The minimum Gasteiger partial charge on any atom is -0.497 e. The van der Waals surface area contributed by atoms with Crippen molar-refractivity contribution >= 4 is 10.9 Å². The Labute approximate surface area is 244 Å². The van der Waals surface area contributed by atoms with Crippen LogP contribution in [0.15, 0.2) is 65.5 Å². The second-order valence-corrected chi connectivity index (χ2v) is 10.4. The van der Waals surface area contributed by atoms with Crippen LogP contribution in [0.1, 0.15) is 33.6 Å². The van der Waals surface area contributed by atoms with Crippen LogP contribution in [0, 0.1) is 13.8 Å². The number of pyridine rings is 1. The monoisotopic (exact) mass is 568 g/mol. The lowest BCUT2D eigenvalue weighted by atomic mass is 10.0. The molecule has 2 heterocycles. The fourth-order valence-electron chi connectivity index (χ4n) is 5.19. The van der Waals surface area contributed by atoms with E-state index in [-0.39, 0.29) is 5.56 Å². The number of ether oxygens (including phenoxy) is 3. The van der Waals surface area contributed by atoms with Crippen LogP contribution in [0.2, 0.25) is 0 Å². The van der Waals surface area contributed by atoms with Crippen molar-refractivity contribution in [3.63, 3.8) is 0 Å². The number of fused-ring (bicyclic) bond motifs is 1. The summed E-state index contributed by atoms with van der Waals surface area (Å²) < 4.78 is 18.0. The zero-order chi connectivity index (χ0) is 29.6. The van der Waals surface area contributed by atoms with Crippen LogP contribution in [-0.4, -0.2) is 58.0 Å². The second kappa shape index (κ2) is 12.9. The lowest BCUT2D eigenvalue weighted by Gasteiger charge is -2.22. The molecule has 0 fully saturated rings. The number of nitrogens with zero attached hydrogens (tertiary/aromatic N) is 5. The van der Waals surface area contributed by atoms with E-state index in [1.807, 2.05) is 55.5 Å². The molecular formula is C32H36N6O4. The van der Waals surface area contributed by atoms with Crippen LogP contribution in [-0.2, 0) is 26.1 Å². The molecule has 0 aliphatic heterocycles. The third-order valence-electron chi connectivity index (χ3n) is 7.39. The van der Waals surface area contributed by atoms with Gasteiger partial charge in [-0.3, -0.25) is 9.69 Å². The van der Waals surface area contributed by atoms with E-state index in [1.165, 1.54) is 0 Å². The number of benzene rings is 3. The first-order chi connectivity index (χ1) is 20.4. The van der Waals surface area contributed by atoms with E-state index in [0.717, 1.165) is 45.3 Å². The highest BCUT2D eigenvalue weighted by Gasteiger charge is 2.17. The normalized spacial score (nSPS) is 11.3. The topological polar surface area (TPSA) is 107 Å². The summed E-state index contributed by atoms with van der Waals surface area (Å²) >= 11 is 0. The van der Waals surface area contributed by atoms with Crippen molar-refractivity contribution in [3.05, 3.63) is 105 Å². The van der Waals surface area contributed by atoms with Crippen molar-refractivity contribution in [1.29, 1.82) is 0 Å². The molecule has 2 aromatic heterocycles. The van der Waals surface area contributed by atoms with Crippen LogP contribution >= 0.6 is 0 Å². The van der Waals surface area contributed by atoms with E-state index < -0.39 is 0 Å². The number of aryl methyl sites for hydroxylation is 2. The van der Waals surface area contributed by atoms with Gasteiger partial charge in [-0.2, -0.15) is 0 Å². The molecule has 0 amide bonds. The average molecular weight is 569 g/mol. The first kappa shape index (κ1) is 28.8. The third-order valence-corrected chi connectivity index (χ3v) is 7.39. The smallest absolute Gasteiger partial charge is 0.252 e. The predicted molar refractivity (Wildman–Crippen MR) is 161 cm³/mol. The number of hydrogen-bond acceptors (Lipinski definition) is 8. The molecule has 5 rings (SSSR count). The number of H-pyrrole nitrogens is 1. The minimum atomic E-state index is -0.0941. The maximum Gasteiger partial charge on any atom is 0.252 e. The molecule has 0 unspecified atom stereocenters. The molecule has 1 N–H and O–H groups in total. The molecule has 0 aliphatic carbocycles. The highest BCUT2D eigenvalue weighted by atomic mass is 16.5. The van der Waals surface area contributed by atoms with Gasteiger partial charge in [-0.15, -0.1) is 5.10 Å². The lowest BCUT2D eigenvalue weighted by Crippen LogP contribution is -2.30. The quantitative estimate of drug-likeness (QED) is 0.235. The van der Waals surface area contributed by atoms with Gasteiger partial charge in [0.25, 0.3) is 5.56 Å². The largest absolute Gasteiger partial charge is 0.497 e. The van der Waals surface area contributed by atoms with E-state index in [9.17, 15) is 4.79 Å². The molecule has 0 bridgehead atoms. The molecular weight excluding hydrogens is 532 g/mol. The van der Waals surface area contributed by atoms with Crippen molar-refractivity contribution in [3.8, 4) is 17.2 Å². The molecule has 0 spiro atoms. The maximum atomic E-state index is 13.2. The number of aromatic amines is 1. The van der Waals surface area contributed by atoms with Crippen LogP contribution in [0.25, 0.3) is 10.9 Å². The summed E-state index contributed by atoms with van der Waals surface area (Å²) in [6, 6.07) is 19.9. The van der Waals surface area contributed by atoms with Crippen LogP contribution in [0.5, 0.6) is 17.2 Å². The van der Waals surface area contributed by atoms with E-state index in [0.29, 0.717) is 49.1 Å². The molecule has 10 nitrogen and oxygen atoms in total. The summed E-state index contributed by atoms with van der Waals surface area (Å²) in [4.78, 5) is 18.5. The summed E-state index contributed by atoms with van der Waals surface area (Å²) in [5.41, 5.74) is 5.82. The van der Waals surface area contributed by atoms with Gasteiger partial charge in [0.15, 0.2) is 17.3 Å². The molecule has 0 aliphatic rings. The zero-order valence-electron chi connectivity index (χ0n) is 24.7. The Morgan fingerprint density at radius 3 is 2.36 bits per heavy atom. The van der Waals surface area contributed by atoms with Crippen molar-refractivity contribution in [1.82, 2.24) is 30.1 Å². The Morgan fingerprint density at radius 1 is 0.857 bits per heavy atom. The van der Waals surface area contributed by atoms with Gasteiger partial charge in [-0.1, -0.05) is 29.8 Å². The third kappa shape index (κ3) is 6.60. The fourth-order valence-corrected chi connectivity index (χ4v) is 5.19. The van der Waals surface area contributed by atoms with E-state index >= 15 is 0 Å². The molecule has 0 radical (unpaired) electrons. The fraction of sp³-hybridized carbons (Fsp3) is 0.312. The Balaban J connectivity index is 1.42. The van der Waals surface area contributed by atoms with E-state index in [4.69, 9.17) is 14.2 Å². The number of rotatable bonds is 12. The van der Waals surface area contributed by atoms with Crippen molar-refractivity contribution in [2.75, 3.05) is 27.9 Å². The summed E-state index contributed by atoms with van der Waals surface area (Å²) in [7, 11) is 4.90. The lowest BCUT2D eigenvalue weighted by molar-refractivity contribution is 0.247. The van der Waals surface area contributed by atoms with Crippen LogP contribution < -0.4 is 19.8 Å². The van der Waals surface area contributed by atoms with Gasteiger partial charge in [-0.25, -0.2) is 4.68 Å². The van der Waals surface area contributed by atoms with Gasteiger partial charge < -0.3 is 19.2 Å². The Kier molecular flexibility index (Phi) is 8.83. The second-order valence-electron chi connectivity index (χ2n) is 10.4. The molecule has 218 valence electrons. The minimum absolute atomic E-state index is 0.0941. The predicted octanol–water partition coefficient (Wildman–Crippen LogP) is 4.45.